The maximum absolute atomic E-state index is 12.8. The van der Waals surface area contributed by atoms with E-state index in [0.717, 1.165) is 35.1 Å². The van der Waals surface area contributed by atoms with Gasteiger partial charge in [-0.1, -0.05) is 20.8 Å². The van der Waals surface area contributed by atoms with Gasteiger partial charge in [0.2, 0.25) is 5.91 Å². The van der Waals surface area contributed by atoms with Crippen molar-refractivity contribution >= 4 is 28.4 Å². The molecule has 3 rings (SSSR count). The average molecular weight is 378 g/mol. The Morgan fingerprint density at radius 3 is 2.54 bits per heavy atom. The van der Waals surface area contributed by atoms with E-state index in [1.165, 1.54) is 0 Å². The van der Waals surface area contributed by atoms with Gasteiger partial charge in [-0.05, 0) is 48.4 Å². The molecule has 0 aliphatic carbocycles. The molecule has 146 valence electrons. The van der Waals surface area contributed by atoms with Crippen molar-refractivity contribution in [3.63, 3.8) is 0 Å². The van der Waals surface area contributed by atoms with E-state index in [0.29, 0.717) is 12.2 Å². The molecule has 0 bridgehead atoms. The highest BCUT2D eigenvalue weighted by Crippen LogP contribution is 2.24. The molecular weight excluding hydrogens is 352 g/mol. The molecule has 2 aromatic heterocycles. The molecule has 1 aromatic carbocycles. The van der Waals surface area contributed by atoms with Gasteiger partial charge in [0.15, 0.2) is 0 Å². The van der Waals surface area contributed by atoms with Crippen LogP contribution in [0.1, 0.15) is 43.2 Å². The molecule has 0 fully saturated rings. The van der Waals surface area contributed by atoms with Crippen LogP contribution in [0.2, 0.25) is 0 Å². The first-order valence-electron chi connectivity index (χ1n) is 9.61. The lowest BCUT2D eigenvalue weighted by molar-refractivity contribution is -0.118. The van der Waals surface area contributed by atoms with Gasteiger partial charge in [-0.2, -0.15) is 0 Å². The van der Waals surface area contributed by atoms with E-state index in [9.17, 15) is 9.59 Å². The number of fused-ring (bicyclic) bond motifs is 1. The molecule has 3 aromatic rings. The Balaban J connectivity index is 1.86. The first-order valence-corrected chi connectivity index (χ1v) is 9.61. The summed E-state index contributed by atoms with van der Waals surface area (Å²) in [7, 11) is 0. The van der Waals surface area contributed by atoms with Crippen LogP contribution in [0.25, 0.3) is 10.9 Å². The summed E-state index contributed by atoms with van der Waals surface area (Å²) in [6.45, 7) is 7.00. The first-order chi connectivity index (χ1) is 13.5. The van der Waals surface area contributed by atoms with Gasteiger partial charge in [-0.25, -0.2) is 0 Å². The summed E-state index contributed by atoms with van der Waals surface area (Å²) in [4.78, 5) is 28.8. The summed E-state index contributed by atoms with van der Waals surface area (Å²) >= 11 is 0. The molecular formula is C22H26N4O2. The fraction of sp³-hybridized carbons (Fsp3) is 0.318. The molecule has 0 radical (unpaired) electrons. The zero-order valence-corrected chi connectivity index (χ0v) is 16.5. The van der Waals surface area contributed by atoms with Gasteiger partial charge in [-0.3, -0.25) is 14.6 Å². The number of aromatic nitrogens is 2. The van der Waals surface area contributed by atoms with E-state index in [1.54, 1.807) is 12.4 Å². The third-order valence-corrected chi connectivity index (χ3v) is 4.58. The number of carbonyl (C=O) groups excluding carboxylic acids is 2. The third kappa shape index (κ3) is 4.39. The van der Waals surface area contributed by atoms with Crippen LogP contribution < -0.4 is 10.6 Å². The summed E-state index contributed by atoms with van der Waals surface area (Å²) < 4.78 is 2.03. The molecule has 0 aliphatic rings. The van der Waals surface area contributed by atoms with Crippen molar-refractivity contribution < 1.29 is 9.59 Å². The van der Waals surface area contributed by atoms with E-state index in [1.807, 2.05) is 54.8 Å². The highest BCUT2D eigenvalue weighted by atomic mass is 16.2. The lowest BCUT2D eigenvalue weighted by atomic mass is 10.2. The Kier molecular flexibility index (Phi) is 6.09. The number of nitrogens with zero attached hydrogens (tertiary/aromatic N) is 2. The molecule has 0 spiro atoms. The molecule has 6 heteroatoms. The zero-order chi connectivity index (χ0) is 20.1. The predicted octanol–water partition coefficient (Wildman–Crippen LogP) is 3.97. The Labute approximate surface area is 165 Å². The lowest BCUT2D eigenvalue weighted by Gasteiger charge is -2.11. The van der Waals surface area contributed by atoms with Gasteiger partial charge in [0.05, 0.1) is 0 Å². The molecule has 28 heavy (non-hydrogen) atoms. The Hall–Kier alpha value is -3.15. The smallest absolute Gasteiger partial charge is 0.268 e. The molecule has 2 heterocycles. The quantitative estimate of drug-likeness (QED) is 0.653. The maximum atomic E-state index is 12.8. The Bertz CT molecular complexity index is 977. The maximum Gasteiger partial charge on any atom is 0.268 e. The van der Waals surface area contributed by atoms with Crippen LogP contribution in [0, 0.1) is 5.92 Å². The van der Waals surface area contributed by atoms with Crippen molar-refractivity contribution in [2.24, 2.45) is 5.92 Å². The van der Waals surface area contributed by atoms with E-state index >= 15 is 0 Å². The highest BCUT2D eigenvalue weighted by Gasteiger charge is 2.16. The zero-order valence-electron chi connectivity index (χ0n) is 16.5. The molecule has 0 saturated heterocycles. The topological polar surface area (TPSA) is 76.0 Å². The number of rotatable bonds is 7. The summed E-state index contributed by atoms with van der Waals surface area (Å²) in [5, 5.41) is 6.83. The van der Waals surface area contributed by atoms with Crippen molar-refractivity contribution in [2.75, 3.05) is 5.32 Å². The summed E-state index contributed by atoms with van der Waals surface area (Å²) in [5.41, 5.74) is 3.35. The van der Waals surface area contributed by atoms with Crippen LogP contribution in [-0.2, 0) is 17.9 Å². The molecule has 0 atom stereocenters. The minimum atomic E-state index is -0.116. The number of hydrogen-bond acceptors (Lipinski definition) is 3. The summed E-state index contributed by atoms with van der Waals surface area (Å²) in [6.07, 6.45) is 4.34. The van der Waals surface area contributed by atoms with E-state index in [4.69, 9.17) is 0 Å². The molecule has 0 saturated carbocycles. The van der Waals surface area contributed by atoms with Gasteiger partial charge in [0.25, 0.3) is 5.91 Å². The fourth-order valence-electron chi connectivity index (χ4n) is 3.06. The van der Waals surface area contributed by atoms with E-state index in [2.05, 4.69) is 22.5 Å². The van der Waals surface area contributed by atoms with Gasteiger partial charge in [0.1, 0.15) is 5.69 Å². The van der Waals surface area contributed by atoms with Crippen molar-refractivity contribution in [3.05, 3.63) is 60.0 Å². The molecule has 2 N–H and O–H groups in total. The van der Waals surface area contributed by atoms with Crippen LogP contribution >= 0.6 is 0 Å². The lowest BCUT2D eigenvalue weighted by Crippen LogP contribution is -2.25. The number of hydrogen-bond donors (Lipinski definition) is 2. The minimum Gasteiger partial charge on any atom is -0.347 e. The second-order valence-corrected chi connectivity index (χ2v) is 7.14. The van der Waals surface area contributed by atoms with Crippen molar-refractivity contribution in [1.82, 2.24) is 14.9 Å². The number of carbonyl (C=O) groups is 2. The number of anilines is 1. The summed E-state index contributed by atoms with van der Waals surface area (Å²) in [6, 6.07) is 11.4. The number of aryl methyl sites for hydroxylation is 1. The molecule has 0 unspecified atom stereocenters. The number of benzene rings is 1. The van der Waals surface area contributed by atoms with Gasteiger partial charge < -0.3 is 15.2 Å². The average Bonchev–Trinajstić information content (AvgIpc) is 3.05. The molecule has 6 nitrogen and oxygen atoms in total. The van der Waals surface area contributed by atoms with Crippen molar-refractivity contribution in [2.45, 2.75) is 40.3 Å². The highest BCUT2D eigenvalue weighted by molar-refractivity contribution is 6.00. The summed E-state index contributed by atoms with van der Waals surface area (Å²) in [5.74, 6) is -0.230. The van der Waals surface area contributed by atoms with E-state index in [-0.39, 0.29) is 17.7 Å². The SMILES string of the molecule is CCCn1c(C(=O)NCc2ccncc2)cc2cc(NC(=O)C(C)C)ccc21. The van der Waals surface area contributed by atoms with Crippen molar-refractivity contribution in [1.29, 1.82) is 0 Å². The Morgan fingerprint density at radius 1 is 1.11 bits per heavy atom. The van der Waals surface area contributed by atoms with Crippen LogP contribution in [0.15, 0.2) is 48.8 Å². The second kappa shape index (κ2) is 8.69. The van der Waals surface area contributed by atoms with Gasteiger partial charge in [-0.15, -0.1) is 0 Å². The van der Waals surface area contributed by atoms with Crippen molar-refractivity contribution in [3.8, 4) is 0 Å². The van der Waals surface area contributed by atoms with E-state index < -0.39 is 0 Å². The monoisotopic (exact) mass is 378 g/mol. The number of pyridine rings is 1. The number of amides is 2. The van der Waals surface area contributed by atoms with Gasteiger partial charge >= 0.3 is 0 Å². The molecule has 0 aliphatic heterocycles. The van der Waals surface area contributed by atoms with Crippen LogP contribution in [0.5, 0.6) is 0 Å². The Morgan fingerprint density at radius 2 is 1.86 bits per heavy atom. The fourth-order valence-corrected chi connectivity index (χ4v) is 3.06. The predicted molar refractivity (Wildman–Crippen MR) is 111 cm³/mol. The second-order valence-electron chi connectivity index (χ2n) is 7.14. The first kappa shape index (κ1) is 19.6. The largest absolute Gasteiger partial charge is 0.347 e. The van der Waals surface area contributed by atoms with Crippen LogP contribution in [0.3, 0.4) is 0 Å². The normalized spacial score (nSPS) is 11.0. The number of nitrogens with one attached hydrogen (secondary N) is 2. The van der Waals surface area contributed by atoms with Crippen LogP contribution in [-0.4, -0.2) is 21.4 Å². The minimum absolute atomic E-state index is 0.0253. The van der Waals surface area contributed by atoms with Crippen LogP contribution in [0.4, 0.5) is 5.69 Å². The standard InChI is InChI=1S/C22H26N4O2/c1-4-11-26-19-6-5-18(25-21(27)15(2)3)12-17(19)13-20(26)22(28)24-14-16-7-9-23-10-8-16/h5-10,12-13,15H,4,11,14H2,1-3H3,(H,24,28)(H,25,27). The van der Waals surface area contributed by atoms with Gasteiger partial charge in [0, 0.05) is 48.0 Å². The third-order valence-electron chi connectivity index (χ3n) is 4.58. The molecule has 2 amide bonds.